The quantitative estimate of drug-likeness (QED) is 0.298. The number of nitrogens with zero attached hydrogens (tertiary/aromatic N) is 2. The number of rotatable bonds is 7. The predicted octanol–water partition coefficient (Wildman–Crippen LogP) is 4.65. The van der Waals surface area contributed by atoms with E-state index in [9.17, 15) is 9.59 Å². The minimum Gasteiger partial charge on any atom is -0.465 e. The van der Waals surface area contributed by atoms with Crippen LogP contribution in [0.3, 0.4) is 0 Å². The lowest BCUT2D eigenvalue weighted by Gasteiger charge is -2.14. The SMILES string of the molecule is CCOC(=O)Cn1cc(/C=C2\SC(=S)N(CCc3ccccc3)C2=O)c2ccccc21. The summed E-state index contributed by atoms with van der Waals surface area (Å²) < 4.78 is 7.52. The summed E-state index contributed by atoms with van der Waals surface area (Å²) in [6.45, 7) is 2.81. The molecule has 0 radical (unpaired) electrons. The fourth-order valence-corrected chi connectivity index (χ4v) is 4.89. The molecule has 0 spiro atoms. The molecule has 7 heteroatoms. The molecule has 2 heterocycles. The zero-order valence-corrected chi connectivity index (χ0v) is 18.7. The van der Waals surface area contributed by atoms with Crippen LogP contribution in [0.2, 0.25) is 0 Å². The lowest BCUT2D eigenvalue weighted by atomic mass is 10.1. The maximum absolute atomic E-state index is 13.0. The number of ether oxygens (including phenoxy) is 1. The van der Waals surface area contributed by atoms with E-state index >= 15 is 0 Å². The highest BCUT2D eigenvalue weighted by Crippen LogP contribution is 2.34. The van der Waals surface area contributed by atoms with Gasteiger partial charge in [0.15, 0.2) is 0 Å². The van der Waals surface area contributed by atoms with Crippen molar-refractivity contribution in [2.45, 2.75) is 19.9 Å². The average Bonchev–Trinajstić information content (AvgIpc) is 3.24. The van der Waals surface area contributed by atoms with E-state index in [2.05, 4.69) is 0 Å². The molecular weight excluding hydrogens is 428 g/mol. The van der Waals surface area contributed by atoms with Crippen molar-refractivity contribution in [1.82, 2.24) is 9.47 Å². The molecular formula is C24H22N2O3S2. The van der Waals surface area contributed by atoms with Crippen LogP contribution in [0.1, 0.15) is 18.1 Å². The molecule has 2 aromatic carbocycles. The Labute approximate surface area is 190 Å². The first kappa shape index (κ1) is 21.3. The predicted molar refractivity (Wildman–Crippen MR) is 129 cm³/mol. The third kappa shape index (κ3) is 4.73. The van der Waals surface area contributed by atoms with Crippen LogP contribution in [0.5, 0.6) is 0 Å². The van der Waals surface area contributed by atoms with Crippen LogP contribution in [0.15, 0.2) is 65.7 Å². The lowest BCUT2D eigenvalue weighted by Crippen LogP contribution is -2.30. The fraction of sp³-hybridized carbons (Fsp3) is 0.208. The number of carbonyl (C=O) groups excluding carboxylic acids is 2. The Bertz CT molecular complexity index is 1170. The number of amides is 1. The molecule has 1 fully saturated rings. The van der Waals surface area contributed by atoms with E-state index < -0.39 is 0 Å². The van der Waals surface area contributed by atoms with Gasteiger partial charge in [0, 0.05) is 29.2 Å². The monoisotopic (exact) mass is 450 g/mol. The highest BCUT2D eigenvalue weighted by Gasteiger charge is 2.31. The molecule has 0 aliphatic carbocycles. The van der Waals surface area contributed by atoms with Crippen LogP contribution in [-0.2, 0) is 27.3 Å². The van der Waals surface area contributed by atoms with Crippen molar-refractivity contribution < 1.29 is 14.3 Å². The third-order valence-electron chi connectivity index (χ3n) is 5.05. The Kier molecular flexibility index (Phi) is 6.53. The lowest BCUT2D eigenvalue weighted by molar-refractivity contribution is -0.143. The molecule has 31 heavy (non-hydrogen) atoms. The van der Waals surface area contributed by atoms with Gasteiger partial charge in [-0.1, -0.05) is 72.5 Å². The third-order valence-corrected chi connectivity index (χ3v) is 6.43. The van der Waals surface area contributed by atoms with Gasteiger partial charge in [0.05, 0.1) is 11.5 Å². The number of hydrogen-bond donors (Lipinski definition) is 0. The van der Waals surface area contributed by atoms with E-state index in [0.717, 1.165) is 22.9 Å². The van der Waals surface area contributed by atoms with Crippen LogP contribution in [0.4, 0.5) is 0 Å². The maximum atomic E-state index is 13.0. The standard InChI is InChI=1S/C24H22N2O3S2/c1-2-29-22(27)16-25-15-18(19-10-6-7-11-20(19)25)14-21-23(28)26(24(30)31-21)13-12-17-8-4-3-5-9-17/h3-11,14-15H,2,12-13,16H2,1H3/b21-14-. The summed E-state index contributed by atoms with van der Waals surface area (Å²) in [5, 5.41) is 0.973. The van der Waals surface area contributed by atoms with E-state index in [1.165, 1.54) is 17.3 Å². The van der Waals surface area contributed by atoms with Gasteiger partial charge in [0.25, 0.3) is 5.91 Å². The highest BCUT2D eigenvalue weighted by atomic mass is 32.2. The van der Waals surface area contributed by atoms with Gasteiger partial charge in [-0.2, -0.15) is 0 Å². The first-order valence-corrected chi connectivity index (χ1v) is 11.3. The van der Waals surface area contributed by atoms with Gasteiger partial charge in [-0.3, -0.25) is 14.5 Å². The molecule has 0 unspecified atom stereocenters. The molecule has 1 aliphatic heterocycles. The van der Waals surface area contributed by atoms with Crippen LogP contribution in [0.25, 0.3) is 17.0 Å². The average molecular weight is 451 g/mol. The highest BCUT2D eigenvalue weighted by molar-refractivity contribution is 8.26. The van der Waals surface area contributed by atoms with E-state index in [0.29, 0.717) is 22.4 Å². The zero-order valence-electron chi connectivity index (χ0n) is 17.1. The van der Waals surface area contributed by atoms with Crippen molar-refractivity contribution >= 4 is 57.2 Å². The molecule has 0 N–H and O–H groups in total. The number of carbonyl (C=O) groups is 2. The smallest absolute Gasteiger partial charge is 0.325 e. The van der Waals surface area contributed by atoms with Gasteiger partial charge in [-0.05, 0) is 31.1 Å². The van der Waals surface area contributed by atoms with Crippen molar-refractivity contribution in [1.29, 1.82) is 0 Å². The molecule has 1 saturated heterocycles. The van der Waals surface area contributed by atoms with E-state index in [1.54, 1.807) is 11.8 Å². The maximum Gasteiger partial charge on any atom is 0.325 e. The van der Waals surface area contributed by atoms with Crippen molar-refractivity contribution in [2.24, 2.45) is 0 Å². The summed E-state index contributed by atoms with van der Waals surface area (Å²) in [7, 11) is 0. The van der Waals surface area contributed by atoms with Gasteiger partial charge in [0.1, 0.15) is 10.9 Å². The summed E-state index contributed by atoms with van der Waals surface area (Å²) in [5.41, 5.74) is 2.97. The first-order chi connectivity index (χ1) is 15.1. The van der Waals surface area contributed by atoms with E-state index in [-0.39, 0.29) is 18.4 Å². The number of aromatic nitrogens is 1. The Hall–Kier alpha value is -2.90. The topological polar surface area (TPSA) is 51.5 Å². The molecule has 158 valence electrons. The number of thioether (sulfide) groups is 1. The Morgan fingerprint density at radius 2 is 1.87 bits per heavy atom. The van der Waals surface area contributed by atoms with Crippen LogP contribution in [-0.4, -0.2) is 38.8 Å². The van der Waals surface area contributed by atoms with Gasteiger partial charge in [0.2, 0.25) is 0 Å². The summed E-state index contributed by atoms with van der Waals surface area (Å²) in [4.78, 5) is 27.3. The second-order valence-electron chi connectivity index (χ2n) is 7.10. The Balaban J connectivity index is 1.57. The van der Waals surface area contributed by atoms with Crippen molar-refractivity contribution in [3.8, 4) is 0 Å². The minimum absolute atomic E-state index is 0.0758. The summed E-state index contributed by atoms with van der Waals surface area (Å²) in [5.74, 6) is -0.366. The molecule has 1 amide bonds. The van der Waals surface area contributed by atoms with Gasteiger partial charge >= 0.3 is 5.97 Å². The second-order valence-corrected chi connectivity index (χ2v) is 8.78. The Morgan fingerprint density at radius 1 is 1.13 bits per heavy atom. The van der Waals surface area contributed by atoms with Gasteiger partial charge in [-0.15, -0.1) is 0 Å². The van der Waals surface area contributed by atoms with Crippen LogP contribution >= 0.6 is 24.0 Å². The number of hydrogen-bond acceptors (Lipinski definition) is 5. The van der Waals surface area contributed by atoms with Crippen molar-refractivity contribution in [3.05, 3.63) is 76.8 Å². The second kappa shape index (κ2) is 9.49. The normalized spacial score (nSPS) is 15.3. The molecule has 3 aromatic rings. The van der Waals surface area contributed by atoms with Gasteiger partial charge < -0.3 is 9.30 Å². The number of para-hydroxylation sites is 1. The molecule has 1 aromatic heterocycles. The zero-order chi connectivity index (χ0) is 21.8. The van der Waals surface area contributed by atoms with E-state index in [4.69, 9.17) is 17.0 Å². The molecule has 0 saturated carbocycles. The summed E-state index contributed by atoms with van der Waals surface area (Å²) in [6, 6.07) is 17.9. The van der Waals surface area contributed by atoms with Crippen LogP contribution in [0, 0.1) is 0 Å². The molecule has 1 aliphatic rings. The largest absolute Gasteiger partial charge is 0.465 e. The minimum atomic E-state index is -0.290. The van der Waals surface area contributed by atoms with Gasteiger partial charge in [-0.25, -0.2) is 0 Å². The van der Waals surface area contributed by atoms with Crippen molar-refractivity contribution in [3.63, 3.8) is 0 Å². The summed E-state index contributed by atoms with van der Waals surface area (Å²) in [6.07, 6.45) is 4.50. The summed E-state index contributed by atoms with van der Waals surface area (Å²) >= 11 is 6.79. The molecule has 0 atom stereocenters. The van der Waals surface area contributed by atoms with E-state index in [1.807, 2.05) is 71.4 Å². The number of benzene rings is 2. The number of esters is 1. The number of fused-ring (bicyclic) bond motifs is 1. The molecule has 5 nitrogen and oxygen atoms in total. The number of thiocarbonyl (C=S) groups is 1. The molecule has 4 rings (SSSR count). The first-order valence-electron chi connectivity index (χ1n) is 10.1. The van der Waals surface area contributed by atoms with Crippen LogP contribution < -0.4 is 0 Å². The molecule has 0 bridgehead atoms. The van der Waals surface area contributed by atoms with Crippen molar-refractivity contribution in [2.75, 3.05) is 13.2 Å². The Morgan fingerprint density at radius 3 is 2.65 bits per heavy atom. The fourth-order valence-electron chi connectivity index (χ4n) is 3.59.